The van der Waals surface area contributed by atoms with Crippen LogP contribution in [0.4, 0.5) is 5.69 Å². The summed E-state index contributed by atoms with van der Waals surface area (Å²) < 4.78 is 16.1. The summed E-state index contributed by atoms with van der Waals surface area (Å²) in [5.74, 6) is 0.696. The summed E-state index contributed by atoms with van der Waals surface area (Å²) in [5.41, 5.74) is 1.01. The number of esters is 1. The summed E-state index contributed by atoms with van der Waals surface area (Å²) in [5, 5.41) is 11.2. The lowest BCUT2D eigenvalue weighted by atomic mass is 10.1. The second-order valence-corrected chi connectivity index (χ2v) is 5.87. The molecule has 0 bridgehead atoms. The number of carbonyl (C=O) groups excluding carboxylic acids is 1. The van der Waals surface area contributed by atoms with Gasteiger partial charge >= 0.3 is 5.97 Å². The molecule has 1 aliphatic rings. The van der Waals surface area contributed by atoms with E-state index >= 15 is 0 Å². The van der Waals surface area contributed by atoms with E-state index < -0.39 is 10.9 Å². The van der Waals surface area contributed by atoms with E-state index in [1.807, 2.05) is 0 Å². The van der Waals surface area contributed by atoms with Crippen molar-refractivity contribution in [1.82, 2.24) is 0 Å². The number of carbonyl (C=O) groups is 1. The Kier molecular flexibility index (Phi) is 4.76. The highest BCUT2D eigenvalue weighted by atomic mass is 35.5. The van der Waals surface area contributed by atoms with Crippen molar-refractivity contribution in [3.8, 4) is 17.2 Å². The Bertz CT molecular complexity index is 851. The van der Waals surface area contributed by atoms with Crippen molar-refractivity contribution in [2.45, 2.75) is 13.3 Å². The number of hydrogen-bond acceptors (Lipinski definition) is 6. The Morgan fingerprint density at radius 1 is 1.28 bits per heavy atom. The molecule has 0 aromatic heterocycles. The molecule has 1 aliphatic heterocycles. The number of hydrogen-bond donors (Lipinski definition) is 0. The summed E-state index contributed by atoms with van der Waals surface area (Å²) in [6, 6.07) is 7.45. The van der Waals surface area contributed by atoms with E-state index in [1.165, 1.54) is 18.2 Å². The molecule has 2 aromatic carbocycles. The molecule has 0 fully saturated rings. The molecule has 0 radical (unpaired) electrons. The predicted octanol–water partition coefficient (Wildman–Crippen LogP) is 3.48. The molecule has 0 N–H and O–H groups in total. The lowest BCUT2D eigenvalue weighted by Gasteiger charge is -2.20. The average molecular weight is 364 g/mol. The zero-order chi connectivity index (χ0) is 18.0. The van der Waals surface area contributed by atoms with Gasteiger partial charge in [-0.1, -0.05) is 11.6 Å². The number of ether oxygens (including phenoxy) is 3. The van der Waals surface area contributed by atoms with E-state index in [1.54, 1.807) is 19.1 Å². The number of halogens is 1. The molecule has 8 heteroatoms. The van der Waals surface area contributed by atoms with Crippen molar-refractivity contribution in [1.29, 1.82) is 0 Å². The number of nitro groups is 1. The van der Waals surface area contributed by atoms with Gasteiger partial charge in [-0.3, -0.25) is 14.9 Å². The molecule has 0 amide bonds. The fourth-order valence-corrected chi connectivity index (χ4v) is 2.78. The molecule has 0 spiro atoms. The Balaban J connectivity index is 1.72. The second kappa shape index (κ2) is 6.98. The summed E-state index contributed by atoms with van der Waals surface area (Å²) in [7, 11) is 0. The summed E-state index contributed by atoms with van der Waals surface area (Å²) >= 11 is 6.14. The van der Waals surface area contributed by atoms with E-state index in [0.29, 0.717) is 40.9 Å². The maximum atomic E-state index is 12.1. The zero-order valence-corrected chi connectivity index (χ0v) is 14.0. The lowest BCUT2D eigenvalue weighted by Crippen LogP contribution is -2.16. The Morgan fingerprint density at radius 3 is 2.76 bits per heavy atom. The Hall–Kier alpha value is -2.80. The SMILES string of the molecule is Cc1cc(OC(=O)Cc2cc(Cl)c3c(c2)OCCO3)ccc1[N+](=O)[O-]. The number of nitro benzene ring substituents is 1. The fraction of sp³-hybridized carbons (Fsp3) is 0.235. The van der Waals surface area contributed by atoms with Gasteiger partial charge < -0.3 is 14.2 Å². The highest BCUT2D eigenvalue weighted by molar-refractivity contribution is 6.32. The van der Waals surface area contributed by atoms with E-state index in [9.17, 15) is 14.9 Å². The topological polar surface area (TPSA) is 87.9 Å². The minimum atomic E-state index is -0.513. The Morgan fingerprint density at radius 2 is 2.04 bits per heavy atom. The van der Waals surface area contributed by atoms with Crippen LogP contribution >= 0.6 is 11.6 Å². The third kappa shape index (κ3) is 3.83. The zero-order valence-electron chi connectivity index (χ0n) is 13.3. The van der Waals surface area contributed by atoms with Crippen molar-refractivity contribution < 1.29 is 23.9 Å². The predicted molar refractivity (Wildman–Crippen MR) is 89.6 cm³/mol. The van der Waals surface area contributed by atoms with Gasteiger partial charge in [-0.2, -0.15) is 0 Å². The average Bonchev–Trinajstić information content (AvgIpc) is 2.54. The van der Waals surface area contributed by atoms with Crippen LogP contribution in [-0.4, -0.2) is 24.1 Å². The molecule has 0 atom stereocenters. The van der Waals surface area contributed by atoms with Crippen LogP contribution in [0.5, 0.6) is 17.2 Å². The van der Waals surface area contributed by atoms with Gasteiger partial charge in [0, 0.05) is 11.6 Å². The van der Waals surface area contributed by atoms with Crippen LogP contribution in [0.1, 0.15) is 11.1 Å². The molecule has 2 aromatic rings. The quantitative estimate of drug-likeness (QED) is 0.357. The van der Waals surface area contributed by atoms with E-state index in [2.05, 4.69) is 0 Å². The number of rotatable bonds is 4. The van der Waals surface area contributed by atoms with Crippen LogP contribution in [0.25, 0.3) is 0 Å². The molecule has 3 rings (SSSR count). The molecule has 1 heterocycles. The minimum absolute atomic E-state index is 0.0214. The smallest absolute Gasteiger partial charge is 0.315 e. The van der Waals surface area contributed by atoms with Crippen molar-refractivity contribution in [3.63, 3.8) is 0 Å². The van der Waals surface area contributed by atoms with Gasteiger partial charge in [0.25, 0.3) is 5.69 Å². The molecular weight excluding hydrogens is 350 g/mol. The highest BCUT2D eigenvalue weighted by Crippen LogP contribution is 2.38. The number of aryl methyl sites for hydroxylation is 1. The highest BCUT2D eigenvalue weighted by Gasteiger charge is 2.18. The van der Waals surface area contributed by atoms with Crippen molar-refractivity contribution in [2.75, 3.05) is 13.2 Å². The van der Waals surface area contributed by atoms with Crippen molar-refractivity contribution in [2.24, 2.45) is 0 Å². The number of benzene rings is 2. The normalized spacial score (nSPS) is 12.6. The van der Waals surface area contributed by atoms with Crippen LogP contribution in [0.2, 0.25) is 5.02 Å². The molecule has 0 saturated heterocycles. The molecule has 25 heavy (non-hydrogen) atoms. The first kappa shape index (κ1) is 17.0. The van der Waals surface area contributed by atoms with Gasteiger partial charge in [0.2, 0.25) is 0 Å². The molecule has 0 aliphatic carbocycles. The first-order valence-corrected chi connectivity index (χ1v) is 7.85. The van der Waals surface area contributed by atoms with Crippen LogP contribution in [-0.2, 0) is 11.2 Å². The first-order valence-electron chi connectivity index (χ1n) is 7.48. The van der Waals surface area contributed by atoms with Gasteiger partial charge in [0.15, 0.2) is 11.5 Å². The van der Waals surface area contributed by atoms with Crippen molar-refractivity contribution >= 4 is 23.3 Å². The minimum Gasteiger partial charge on any atom is -0.486 e. The van der Waals surface area contributed by atoms with Gasteiger partial charge in [-0.05, 0) is 36.8 Å². The molecule has 0 unspecified atom stereocenters. The largest absolute Gasteiger partial charge is 0.486 e. The first-order chi connectivity index (χ1) is 11.9. The van der Waals surface area contributed by atoms with Crippen LogP contribution in [0.15, 0.2) is 30.3 Å². The number of fused-ring (bicyclic) bond motifs is 1. The van der Waals surface area contributed by atoms with E-state index in [-0.39, 0.29) is 17.9 Å². The molecule has 130 valence electrons. The molecule has 7 nitrogen and oxygen atoms in total. The van der Waals surface area contributed by atoms with E-state index in [4.69, 9.17) is 25.8 Å². The fourth-order valence-electron chi connectivity index (χ4n) is 2.50. The monoisotopic (exact) mass is 363 g/mol. The van der Waals surface area contributed by atoms with Gasteiger partial charge in [0.1, 0.15) is 19.0 Å². The maximum absolute atomic E-state index is 12.1. The van der Waals surface area contributed by atoms with Gasteiger partial charge in [0.05, 0.1) is 16.4 Å². The third-order valence-corrected chi connectivity index (χ3v) is 3.88. The van der Waals surface area contributed by atoms with E-state index in [0.717, 1.165) is 0 Å². The van der Waals surface area contributed by atoms with Crippen LogP contribution < -0.4 is 14.2 Å². The second-order valence-electron chi connectivity index (χ2n) is 5.46. The summed E-state index contributed by atoms with van der Waals surface area (Å²) in [6.07, 6.45) is -0.0214. The third-order valence-electron chi connectivity index (χ3n) is 3.60. The lowest BCUT2D eigenvalue weighted by molar-refractivity contribution is -0.385. The Labute approximate surface area is 148 Å². The number of nitrogens with zero attached hydrogens (tertiary/aromatic N) is 1. The van der Waals surface area contributed by atoms with Crippen molar-refractivity contribution in [3.05, 3.63) is 56.6 Å². The van der Waals surface area contributed by atoms with Crippen LogP contribution in [0.3, 0.4) is 0 Å². The molecular formula is C17H14ClNO6. The summed E-state index contributed by atoms with van der Waals surface area (Å²) in [6.45, 7) is 2.42. The maximum Gasteiger partial charge on any atom is 0.315 e. The molecule has 0 saturated carbocycles. The summed E-state index contributed by atoms with van der Waals surface area (Å²) in [4.78, 5) is 22.4. The van der Waals surface area contributed by atoms with Gasteiger partial charge in [-0.15, -0.1) is 0 Å². The van der Waals surface area contributed by atoms with Crippen LogP contribution in [0, 0.1) is 17.0 Å². The standard InChI is InChI=1S/C17H14ClNO6/c1-10-6-12(2-3-14(10)19(21)22)25-16(20)9-11-7-13(18)17-15(8-11)23-4-5-24-17/h2-3,6-8H,4-5,9H2,1H3. The van der Waals surface area contributed by atoms with Gasteiger partial charge in [-0.25, -0.2) is 0 Å².